The second-order valence-electron chi connectivity index (χ2n) is 11.3. The molecule has 0 atom stereocenters. The van der Waals surface area contributed by atoms with Crippen molar-refractivity contribution in [1.29, 1.82) is 0 Å². The molecule has 3 heterocycles. The molecule has 0 radical (unpaired) electrons. The Morgan fingerprint density at radius 2 is 1.83 bits per heavy atom. The van der Waals surface area contributed by atoms with Gasteiger partial charge < -0.3 is 24.8 Å². The average Bonchev–Trinajstić information content (AvgIpc) is 3.31. The number of anilines is 2. The first-order chi connectivity index (χ1) is 19.3. The summed E-state index contributed by atoms with van der Waals surface area (Å²) in [5.41, 5.74) is 2.90. The molecule has 5 rings (SSSR count). The van der Waals surface area contributed by atoms with Crippen molar-refractivity contribution in [2.45, 2.75) is 32.4 Å². The number of hydrogen-bond acceptors (Lipinski definition) is 7. The first kappa shape index (κ1) is 28.2. The SMILES string of the molecule is CNc1cc(F)c(F)c2c1Cc1ncc(-c3cnc4c(c3)c(=O)c(C(=O)O)cn4CC(C)(C)N(C)C)c(N(C)C)c1-2. The molecule has 1 aromatic carbocycles. The molecule has 0 spiro atoms. The molecule has 9 nitrogen and oxygen atoms in total. The highest BCUT2D eigenvalue weighted by Gasteiger charge is 2.33. The van der Waals surface area contributed by atoms with Gasteiger partial charge in [0.2, 0.25) is 5.43 Å². The number of carbonyl (C=O) groups is 1. The van der Waals surface area contributed by atoms with Gasteiger partial charge in [0.1, 0.15) is 11.2 Å². The lowest BCUT2D eigenvalue weighted by molar-refractivity contribution is 0.0694. The minimum absolute atomic E-state index is 0.136. The van der Waals surface area contributed by atoms with Crippen LogP contribution >= 0.6 is 0 Å². The van der Waals surface area contributed by atoms with Crippen LogP contribution in [0, 0.1) is 11.6 Å². The molecular weight excluding hydrogens is 530 g/mol. The molecule has 1 aliphatic carbocycles. The number of benzene rings is 1. The van der Waals surface area contributed by atoms with Gasteiger partial charge in [-0.25, -0.2) is 18.6 Å². The van der Waals surface area contributed by atoms with E-state index in [4.69, 9.17) is 0 Å². The topological polar surface area (TPSA) is 104 Å². The van der Waals surface area contributed by atoms with Gasteiger partial charge in [-0.3, -0.25) is 9.78 Å². The van der Waals surface area contributed by atoms with Crippen LogP contribution in [-0.2, 0) is 13.0 Å². The van der Waals surface area contributed by atoms with Gasteiger partial charge in [-0.1, -0.05) is 0 Å². The summed E-state index contributed by atoms with van der Waals surface area (Å²) >= 11 is 0. The van der Waals surface area contributed by atoms with E-state index in [9.17, 15) is 19.1 Å². The Balaban J connectivity index is 1.78. The fourth-order valence-corrected chi connectivity index (χ4v) is 5.36. The maximum absolute atomic E-state index is 15.3. The molecule has 0 saturated heterocycles. The Bertz CT molecular complexity index is 1800. The molecule has 0 aliphatic heterocycles. The highest BCUT2D eigenvalue weighted by Crippen LogP contribution is 2.49. The first-order valence-electron chi connectivity index (χ1n) is 13.1. The Morgan fingerprint density at radius 3 is 2.44 bits per heavy atom. The zero-order valence-corrected chi connectivity index (χ0v) is 24.1. The van der Waals surface area contributed by atoms with E-state index in [0.717, 1.165) is 6.07 Å². The van der Waals surface area contributed by atoms with Crippen molar-refractivity contribution in [2.24, 2.45) is 0 Å². The lowest BCUT2D eigenvalue weighted by Gasteiger charge is -2.33. The molecule has 41 heavy (non-hydrogen) atoms. The van der Waals surface area contributed by atoms with E-state index in [0.29, 0.717) is 57.9 Å². The monoisotopic (exact) mass is 562 g/mol. The lowest BCUT2D eigenvalue weighted by Crippen LogP contribution is -2.42. The minimum atomic E-state index is -1.33. The van der Waals surface area contributed by atoms with Gasteiger partial charge >= 0.3 is 5.97 Å². The van der Waals surface area contributed by atoms with Gasteiger partial charge in [0.05, 0.1) is 16.8 Å². The van der Waals surface area contributed by atoms with Gasteiger partial charge in [0.15, 0.2) is 11.6 Å². The van der Waals surface area contributed by atoms with E-state index >= 15 is 4.39 Å². The summed E-state index contributed by atoms with van der Waals surface area (Å²) in [6.07, 6.45) is 4.88. The summed E-state index contributed by atoms with van der Waals surface area (Å²) in [5, 5.41) is 12.9. The van der Waals surface area contributed by atoms with Crippen molar-refractivity contribution < 1.29 is 18.7 Å². The lowest BCUT2D eigenvalue weighted by atomic mass is 9.97. The third-order valence-electron chi connectivity index (χ3n) is 7.99. The normalized spacial score (nSPS) is 12.5. The van der Waals surface area contributed by atoms with Crippen molar-refractivity contribution >= 4 is 28.4 Å². The van der Waals surface area contributed by atoms with Crippen LogP contribution in [0.1, 0.15) is 35.5 Å². The van der Waals surface area contributed by atoms with E-state index < -0.39 is 23.0 Å². The predicted molar refractivity (Wildman–Crippen MR) is 156 cm³/mol. The number of carboxylic acids is 1. The summed E-state index contributed by atoms with van der Waals surface area (Å²) in [5.74, 6) is -3.25. The summed E-state index contributed by atoms with van der Waals surface area (Å²) in [4.78, 5) is 38.4. The predicted octanol–water partition coefficient (Wildman–Crippen LogP) is 4.45. The molecule has 4 aromatic rings. The fraction of sp³-hybridized carbons (Fsp3) is 0.333. The average molecular weight is 563 g/mol. The Hall–Kier alpha value is -4.38. The summed E-state index contributed by atoms with van der Waals surface area (Å²) in [7, 11) is 9.08. The third kappa shape index (κ3) is 4.50. The standard InChI is InChI=1S/C30H32F2N6O3/c1-30(2,37(6)7)14-38-13-19(29(40)41)27(39)17-8-15(11-35-28(17)38)18-12-34-22-9-16-21(33-3)10-20(31)25(32)23(16)24(22)26(18)36(4)5/h8,10-13,33H,9,14H2,1-7H3,(H,40,41). The van der Waals surface area contributed by atoms with Crippen molar-refractivity contribution in [3.8, 4) is 22.3 Å². The number of nitrogens with one attached hydrogen (secondary N) is 1. The zero-order valence-electron chi connectivity index (χ0n) is 24.1. The van der Waals surface area contributed by atoms with Crippen LogP contribution in [0.3, 0.4) is 0 Å². The number of fused-ring (bicyclic) bond motifs is 4. The van der Waals surface area contributed by atoms with Gasteiger partial charge in [0, 0.05) is 92.2 Å². The first-order valence-corrected chi connectivity index (χ1v) is 13.1. The summed E-state index contributed by atoms with van der Waals surface area (Å²) < 4.78 is 31.7. The highest BCUT2D eigenvalue weighted by molar-refractivity contribution is 5.98. The molecule has 1 aliphatic rings. The van der Waals surface area contributed by atoms with Gasteiger partial charge in [-0.15, -0.1) is 0 Å². The molecule has 0 fully saturated rings. The van der Waals surface area contributed by atoms with Crippen LogP contribution in [0.15, 0.2) is 35.5 Å². The van der Waals surface area contributed by atoms with Crippen LogP contribution in [-0.4, -0.2) is 71.3 Å². The van der Waals surface area contributed by atoms with Gasteiger partial charge in [-0.2, -0.15) is 0 Å². The van der Waals surface area contributed by atoms with Crippen LogP contribution in [0.5, 0.6) is 0 Å². The molecule has 11 heteroatoms. The molecule has 3 aromatic heterocycles. The van der Waals surface area contributed by atoms with Crippen LogP contribution in [0.2, 0.25) is 0 Å². The molecule has 214 valence electrons. The Morgan fingerprint density at radius 1 is 1.12 bits per heavy atom. The van der Waals surface area contributed by atoms with E-state index in [-0.39, 0.29) is 22.1 Å². The molecule has 0 amide bonds. The minimum Gasteiger partial charge on any atom is -0.477 e. The fourth-order valence-electron chi connectivity index (χ4n) is 5.36. The number of pyridine rings is 3. The summed E-state index contributed by atoms with van der Waals surface area (Å²) in [6.45, 7) is 4.39. The van der Waals surface area contributed by atoms with Gasteiger partial charge in [0.25, 0.3) is 0 Å². The van der Waals surface area contributed by atoms with E-state index in [1.807, 2.05) is 32.8 Å². The zero-order chi connectivity index (χ0) is 30.0. The smallest absolute Gasteiger partial charge is 0.341 e. The number of aromatic carboxylic acids is 1. The number of rotatable bonds is 7. The largest absolute Gasteiger partial charge is 0.477 e. The second-order valence-corrected chi connectivity index (χ2v) is 11.3. The van der Waals surface area contributed by atoms with Crippen LogP contribution in [0.25, 0.3) is 33.3 Å². The Kier molecular flexibility index (Phi) is 6.81. The molecule has 0 bridgehead atoms. The summed E-state index contributed by atoms with van der Waals surface area (Å²) in [6, 6.07) is 2.75. The maximum atomic E-state index is 15.3. The molecular formula is C30H32F2N6O3. The molecule has 0 saturated carbocycles. The number of hydrogen-bond donors (Lipinski definition) is 2. The van der Waals surface area contributed by atoms with E-state index in [1.165, 1.54) is 6.20 Å². The number of aromatic nitrogens is 3. The number of likely N-dealkylation sites (N-methyl/N-ethyl adjacent to an activating group) is 1. The molecule has 2 N–H and O–H groups in total. The van der Waals surface area contributed by atoms with Crippen LogP contribution < -0.4 is 15.6 Å². The molecule has 0 unspecified atom stereocenters. The van der Waals surface area contributed by atoms with Crippen molar-refractivity contribution in [2.75, 3.05) is 45.5 Å². The highest BCUT2D eigenvalue weighted by atomic mass is 19.2. The van der Waals surface area contributed by atoms with Crippen molar-refractivity contribution in [3.05, 3.63) is 69.4 Å². The number of halogens is 2. The third-order valence-corrected chi connectivity index (χ3v) is 7.99. The Labute approximate surface area is 236 Å². The van der Waals surface area contributed by atoms with Crippen LogP contribution in [0.4, 0.5) is 20.2 Å². The number of nitrogens with zero attached hydrogens (tertiary/aromatic N) is 5. The van der Waals surface area contributed by atoms with E-state index in [2.05, 4.69) is 15.3 Å². The maximum Gasteiger partial charge on any atom is 0.341 e. The van der Waals surface area contributed by atoms with Crippen molar-refractivity contribution in [3.63, 3.8) is 0 Å². The number of carboxylic acid groups (broad SMARTS) is 1. The van der Waals surface area contributed by atoms with Gasteiger partial charge in [-0.05, 0) is 39.6 Å². The quantitative estimate of drug-likeness (QED) is 0.300. The van der Waals surface area contributed by atoms with E-state index in [1.54, 1.807) is 49.1 Å². The second kappa shape index (κ2) is 9.91. The van der Waals surface area contributed by atoms with Crippen molar-refractivity contribution in [1.82, 2.24) is 19.4 Å².